The van der Waals surface area contributed by atoms with E-state index >= 15 is 0 Å². The van der Waals surface area contributed by atoms with E-state index in [1.165, 1.54) is 5.69 Å². The third-order valence-corrected chi connectivity index (χ3v) is 5.60. The molecule has 0 amide bonds. The van der Waals surface area contributed by atoms with Crippen molar-refractivity contribution in [3.63, 3.8) is 0 Å². The van der Waals surface area contributed by atoms with Gasteiger partial charge >= 0.3 is 12.1 Å². The first-order chi connectivity index (χ1) is 16.6. The van der Waals surface area contributed by atoms with Crippen LogP contribution in [0.1, 0.15) is 23.0 Å². The van der Waals surface area contributed by atoms with Gasteiger partial charge in [-0.3, -0.25) is 9.69 Å². The van der Waals surface area contributed by atoms with E-state index in [0.29, 0.717) is 0 Å². The Hall–Kier alpha value is -3.66. The number of ketones is 1. The lowest BCUT2D eigenvalue weighted by Crippen LogP contribution is -2.46. The van der Waals surface area contributed by atoms with Crippen LogP contribution in [0.25, 0.3) is 10.9 Å². The number of carbonyl (C=O) groups excluding carboxylic acids is 1. The van der Waals surface area contributed by atoms with Crippen molar-refractivity contribution >= 4 is 28.3 Å². The molecule has 1 saturated heterocycles. The van der Waals surface area contributed by atoms with Gasteiger partial charge in [-0.25, -0.2) is 9.78 Å². The van der Waals surface area contributed by atoms with E-state index in [1.54, 1.807) is 14.0 Å². The zero-order valence-corrected chi connectivity index (χ0v) is 19.4. The molecule has 35 heavy (non-hydrogen) atoms. The molecular weight excluding hydrogens is 463 g/mol. The molecule has 4 rings (SSSR count). The van der Waals surface area contributed by atoms with Gasteiger partial charge in [0.2, 0.25) is 0 Å². The van der Waals surface area contributed by atoms with Crippen LogP contribution >= 0.6 is 0 Å². The zero-order valence-electron chi connectivity index (χ0n) is 19.4. The number of carboxylic acid groups (broad SMARTS) is 1. The van der Waals surface area contributed by atoms with Gasteiger partial charge in [0, 0.05) is 49.4 Å². The van der Waals surface area contributed by atoms with Crippen LogP contribution in [0.15, 0.2) is 54.6 Å². The number of carboxylic acids is 1. The number of aromatic nitrogens is 1. The summed E-state index contributed by atoms with van der Waals surface area (Å²) in [6.45, 7) is 6.35. The smallest absolute Gasteiger partial charge is 0.490 e. The molecule has 0 radical (unpaired) electrons. The average Bonchev–Trinajstić information content (AvgIpc) is 2.84. The number of Topliss-reactive ketones (excluding diaryl/α,β-unsaturated/α-hetero) is 1. The first kappa shape index (κ1) is 26.0. The average molecular weight is 489 g/mol. The molecule has 1 N–H and O–H groups in total. The van der Waals surface area contributed by atoms with Crippen molar-refractivity contribution in [1.29, 1.82) is 0 Å². The summed E-state index contributed by atoms with van der Waals surface area (Å²) in [4.78, 5) is 30.0. The Morgan fingerprint density at radius 1 is 1.00 bits per heavy atom. The second kappa shape index (κ2) is 11.2. The number of hydrogen-bond acceptors (Lipinski definition) is 6. The van der Waals surface area contributed by atoms with Gasteiger partial charge in [0.25, 0.3) is 0 Å². The molecule has 186 valence electrons. The van der Waals surface area contributed by atoms with Crippen LogP contribution in [-0.2, 0) is 11.3 Å². The van der Waals surface area contributed by atoms with Crippen LogP contribution in [0.4, 0.5) is 18.9 Å². The standard InChI is InChI=1S/C23H25N3O2.C2HF3O2/c1-17(27)18-7-10-21(11-8-18)26-14-12-25(13-15-26)16-20-9-6-19-4-3-5-22(28-2)23(19)24-20;3-2(4,5)1(6)7/h3-11H,12-16H2,1-2H3;(H,6,7). The molecule has 0 unspecified atom stereocenters. The van der Waals surface area contributed by atoms with Gasteiger partial charge < -0.3 is 14.7 Å². The number of benzene rings is 2. The first-order valence-electron chi connectivity index (χ1n) is 10.9. The highest BCUT2D eigenvalue weighted by molar-refractivity contribution is 5.94. The van der Waals surface area contributed by atoms with Crippen molar-refractivity contribution in [3.8, 4) is 5.75 Å². The molecule has 2 heterocycles. The van der Waals surface area contributed by atoms with Crippen molar-refractivity contribution in [3.05, 3.63) is 65.9 Å². The number of para-hydroxylation sites is 1. The minimum atomic E-state index is -5.08. The molecule has 7 nitrogen and oxygen atoms in total. The Morgan fingerprint density at radius 2 is 1.63 bits per heavy atom. The van der Waals surface area contributed by atoms with Crippen molar-refractivity contribution in [1.82, 2.24) is 9.88 Å². The molecule has 1 aromatic heterocycles. The number of pyridine rings is 1. The molecule has 1 fully saturated rings. The number of piperazine rings is 1. The number of carbonyl (C=O) groups is 2. The van der Waals surface area contributed by atoms with Crippen LogP contribution < -0.4 is 9.64 Å². The first-order valence-corrected chi connectivity index (χ1v) is 10.9. The Morgan fingerprint density at radius 3 is 2.17 bits per heavy atom. The van der Waals surface area contributed by atoms with Gasteiger partial charge in [0.05, 0.1) is 12.8 Å². The second-order valence-electron chi connectivity index (χ2n) is 8.00. The highest BCUT2D eigenvalue weighted by Crippen LogP contribution is 2.24. The number of aliphatic carboxylic acids is 1. The predicted molar refractivity (Wildman–Crippen MR) is 126 cm³/mol. The number of halogens is 3. The predicted octanol–water partition coefficient (Wildman–Crippen LogP) is 4.40. The third-order valence-electron chi connectivity index (χ3n) is 5.60. The highest BCUT2D eigenvalue weighted by Gasteiger charge is 2.38. The molecule has 0 spiro atoms. The monoisotopic (exact) mass is 489 g/mol. The van der Waals surface area contributed by atoms with Crippen LogP contribution in [-0.4, -0.2) is 66.2 Å². The zero-order chi connectivity index (χ0) is 25.6. The number of rotatable bonds is 5. The van der Waals surface area contributed by atoms with E-state index in [-0.39, 0.29) is 5.78 Å². The maximum absolute atomic E-state index is 11.4. The quantitative estimate of drug-likeness (QED) is 0.532. The SMILES string of the molecule is COc1cccc2ccc(CN3CCN(c4ccc(C(C)=O)cc4)CC3)nc12.O=C(O)C(F)(F)F. The summed E-state index contributed by atoms with van der Waals surface area (Å²) in [5, 5.41) is 8.22. The van der Waals surface area contributed by atoms with Gasteiger partial charge in [-0.1, -0.05) is 18.2 Å². The number of methoxy groups -OCH3 is 1. The van der Waals surface area contributed by atoms with Gasteiger partial charge in [0.1, 0.15) is 11.3 Å². The summed E-state index contributed by atoms with van der Waals surface area (Å²) in [5.74, 6) is -1.83. The normalized spacial score (nSPS) is 14.3. The van der Waals surface area contributed by atoms with Crippen molar-refractivity contribution in [2.45, 2.75) is 19.6 Å². The number of nitrogens with zero attached hydrogens (tertiary/aromatic N) is 3. The van der Waals surface area contributed by atoms with Crippen molar-refractivity contribution in [2.75, 3.05) is 38.2 Å². The van der Waals surface area contributed by atoms with Crippen LogP contribution in [0.5, 0.6) is 5.75 Å². The molecule has 3 aromatic rings. The number of alkyl halides is 3. The molecular formula is C25H26F3N3O4. The number of anilines is 1. The van der Waals surface area contributed by atoms with Gasteiger partial charge in [-0.15, -0.1) is 0 Å². The Kier molecular flexibility index (Phi) is 8.29. The summed E-state index contributed by atoms with van der Waals surface area (Å²) in [6.07, 6.45) is -5.08. The molecule has 0 aliphatic carbocycles. The minimum Gasteiger partial charge on any atom is -0.494 e. The lowest BCUT2D eigenvalue weighted by molar-refractivity contribution is -0.192. The number of ether oxygens (including phenoxy) is 1. The number of fused-ring (bicyclic) bond motifs is 1. The van der Waals surface area contributed by atoms with Gasteiger partial charge in [-0.2, -0.15) is 13.2 Å². The fourth-order valence-corrected chi connectivity index (χ4v) is 3.71. The maximum atomic E-state index is 11.4. The summed E-state index contributed by atoms with van der Waals surface area (Å²) in [6, 6.07) is 18.1. The van der Waals surface area contributed by atoms with Crippen molar-refractivity contribution < 1.29 is 32.6 Å². The summed E-state index contributed by atoms with van der Waals surface area (Å²) >= 11 is 0. The van der Waals surface area contributed by atoms with Gasteiger partial charge in [0.15, 0.2) is 5.78 Å². The minimum absolute atomic E-state index is 0.107. The van der Waals surface area contributed by atoms with Crippen LogP contribution in [0.2, 0.25) is 0 Å². The second-order valence-corrected chi connectivity index (χ2v) is 8.00. The van der Waals surface area contributed by atoms with E-state index in [4.69, 9.17) is 19.6 Å². The molecule has 0 atom stereocenters. The van der Waals surface area contributed by atoms with E-state index < -0.39 is 12.1 Å². The number of hydrogen-bond donors (Lipinski definition) is 1. The summed E-state index contributed by atoms with van der Waals surface area (Å²) in [7, 11) is 1.69. The van der Waals surface area contributed by atoms with E-state index in [2.05, 4.69) is 28.0 Å². The fraction of sp³-hybridized carbons (Fsp3) is 0.320. The van der Waals surface area contributed by atoms with Crippen LogP contribution in [0.3, 0.4) is 0 Å². The van der Waals surface area contributed by atoms with E-state index in [0.717, 1.165) is 60.6 Å². The molecule has 0 bridgehead atoms. The molecule has 1 aliphatic rings. The molecule has 2 aromatic carbocycles. The largest absolute Gasteiger partial charge is 0.494 e. The third kappa shape index (κ3) is 6.92. The lowest BCUT2D eigenvalue weighted by Gasteiger charge is -2.36. The Labute approximate surface area is 200 Å². The topological polar surface area (TPSA) is 83.0 Å². The van der Waals surface area contributed by atoms with E-state index in [1.807, 2.05) is 36.4 Å². The molecule has 10 heteroatoms. The van der Waals surface area contributed by atoms with Crippen molar-refractivity contribution in [2.24, 2.45) is 0 Å². The highest BCUT2D eigenvalue weighted by atomic mass is 19.4. The molecule has 0 saturated carbocycles. The Balaban J connectivity index is 0.000000429. The van der Waals surface area contributed by atoms with Gasteiger partial charge in [-0.05, 0) is 43.3 Å². The maximum Gasteiger partial charge on any atom is 0.490 e. The lowest BCUT2D eigenvalue weighted by atomic mass is 10.1. The fourth-order valence-electron chi connectivity index (χ4n) is 3.71. The Bertz CT molecular complexity index is 1170. The summed E-state index contributed by atoms with van der Waals surface area (Å²) in [5.41, 5.74) is 3.93. The molecule has 1 aliphatic heterocycles. The van der Waals surface area contributed by atoms with E-state index in [9.17, 15) is 18.0 Å². The van der Waals surface area contributed by atoms with Crippen LogP contribution in [0, 0.1) is 0 Å². The summed E-state index contributed by atoms with van der Waals surface area (Å²) < 4.78 is 37.2.